The van der Waals surface area contributed by atoms with Crippen molar-refractivity contribution in [3.8, 4) is 11.5 Å². The van der Waals surface area contributed by atoms with E-state index < -0.39 is 17.8 Å². The normalized spacial score (nSPS) is 10.5. The van der Waals surface area contributed by atoms with Gasteiger partial charge >= 0.3 is 6.03 Å². The smallest absolute Gasteiger partial charge is 0.323 e. The molecule has 2 N–H and O–H groups in total. The van der Waals surface area contributed by atoms with Gasteiger partial charge in [-0.3, -0.25) is 14.2 Å². The Kier molecular flexibility index (Phi) is 4.40. The summed E-state index contributed by atoms with van der Waals surface area (Å²) in [7, 11) is 0. The van der Waals surface area contributed by atoms with Crippen LogP contribution in [0.15, 0.2) is 48.8 Å². The second kappa shape index (κ2) is 6.67. The van der Waals surface area contributed by atoms with Gasteiger partial charge in [-0.05, 0) is 30.3 Å². The largest absolute Gasteiger partial charge is 0.457 e. The fourth-order valence-corrected chi connectivity index (χ4v) is 2.64. The first-order valence-electron chi connectivity index (χ1n) is 7.73. The fourth-order valence-electron chi connectivity index (χ4n) is 2.64. The number of primary amides is 1. The average Bonchev–Trinajstić information content (AvgIpc) is 2.98. The summed E-state index contributed by atoms with van der Waals surface area (Å²) >= 11 is 0. The van der Waals surface area contributed by atoms with E-state index in [-0.39, 0.29) is 5.82 Å². The summed E-state index contributed by atoms with van der Waals surface area (Å²) in [6.45, 7) is 2.57. The van der Waals surface area contributed by atoms with Crippen LogP contribution in [0.25, 0.3) is 10.9 Å². The molecule has 0 spiro atoms. The van der Waals surface area contributed by atoms with Gasteiger partial charge in [-0.1, -0.05) is 0 Å². The van der Waals surface area contributed by atoms with Gasteiger partial charge in [0.1, 0.15) is 17.3 Å². The van der Waals surface area contributed by atoms with Crippen molar-refractivity contribution >= 4 is 34.6 Å². The molecule has 0 aliphatic rings. The number of nitrogens with two attached hydrogens (primary N) is 1. The topological polar surface area (TPSA) is 108 Å². The van der Waals surface area contributed by atoms with Gasteiger partial charge in [0.15, 0.2) is 0 Å². The van der Waals surface area contributed by atoms with E-state index in [1.54, 1.807) is 36.5 Å². The number of anilines is 1. The zero-order chi connectivity index (χ0) is 18.8. The first-order chi connectivity index (χ1) is 12.4. The lowest BCUT2D eigenvalue weighted by atomic mass is 10.2. The summed E-state index contributed by atoms with van der Waals surface area (Å²) in [4.78, 5) is 39.6. The third-order valence-corrected chi connectivity index (χ3v) is 3.71. The van der Waals surface area contributed by atoms with Crippen LogP contribution in [0.4, 0.5) is 10.6 Å². The van der Waals surface area contributed by atoms with Crippen LogP contribution in [0.5, 0.6) is 11.5 Å². The Morgan fingerprint density at radius 2 is 1.73 bits per heavy atom. The maximum absolute atomic E-state index is 11.6. The summed E-state index contributed by atoms with van der Waals surface area (Å²) in [6, 6.07) is 9.45. The highest BCUT2D eigenvalue weighted by atomic mass is 16.5. The maximum Gasteiger partial charge on any atom is 0.323 e. The predicted octanol–water partition coefficient (Wildman–Crippen LogP) is 2.65. The second-order valence-corrected chi connectivity index (χ2v) is 5.57. The Balaban J connectivity index is 1.91. The van der Waals surface area contributed by atoms with Crippen LogP contribution in [0, 0.1) is 0 Å². The number of rotatable bonds is 3. The lowest BCUT2D eigenvalue weighted by Gasteiger charge is -2.16. The van der Waals surface area contributed by atoms with Crippen molar-refractivity contribution in [2.75, 3.05) is 4.90 Å². The van der Waals surface area contributed by atoms with E-state index in [0.717, 1.165) is 10.3 Å². The number of nitrogens with zero attached hydrogens (tertiary/aromatic N) is 3. The van der Waals surface area contributed by atoms with Crippen molar-refractivity contribution in [1.82, 2.24) is 9.55 Å². The van der Waals surface area contributed by atoms with Crippen molar-refractivity contribution in [1.29, 1.82) is 0 Å². The molecule has 26 heavy (non-hydrogen) atoms. The van der Waals surface area contributed by atoms with Gasteiger partial charge in [0.05, 0.1) is 5.52 Å². The number of ether oxygens (including phenoxy) is 1. The zero-order valence-electron chi connectivity index (χ0n) is 14.2. The van der Waals surface area contributed by atoms with Gasteiger partial charge in [0.25, 0.3) is 0 Å². The molecule has 2 aromatic heterocycles. The summed E-state index contributed by atoms with van der Waals surface area (Å²) in [5.41, 5.74) is 5.97. The van der Waals surface area contributed by atoms with E-state index in [0.29, 0.717) is 17.0 Å². The van der Waals surface area contributed by atoms with Gasteiger partial charge in [0, 0.05) is 37.7 Å². The summed E-state index contributed by atoms with van der Waals surface area (Å²) < 4.78 is 7.13. The van der Waals surface area contributed by atoms with E-state index in [9.17, 15) is 14.4 Å². The number of carbonyl (C=O) groups is 3. The number of carbonyl (C=O) groups excluding carboxylic acids is 3. The van der Waals surface area contributed by atoms with Crippen LogP contribution in [0.2, 0.25) is 0 Å². The molecule has 132 valence electrons. The van der Waals surface area contributed by atoms with E-state index >= 15 is 0 Å². The lowest BCUT2D eigenvalue weighted by Crippen LogP contribution is -2.33. The number of pyridine rings is 1. The molecule has 3 rings (SSSR count). The van der Waals surface area contributed by atoms with Crippen LogP contribution < -0.4 is 15.4 Å². The summed E-state index contributed by atoms with van der Waals surface area (Å²) in [5, 5.41) is 0.782. The molecule has 0 saturated heterocycles. The van der Waals surface area contributed by atoms with Crippen molar-refractivity contribution < 1.29 is 19.1 Å². The molecule has 0 radical (unpaired) electrons. The Bertz CT molecular complexity index is 1010. The van der Waals surface area contributed by atoms with Crippen molar-refractivity contribution in [2.24, 2.45) is 5.73 Å². The third kappa shape index (κ3) is 3.25. The molecule has 3 amide bonds. The molecule has 8 nitrogen and oxygen atoms in total. The van der Waals surface area contributed by atoms with Gasteiger partial charge in [-0.15, -0.1) is 0 Å². The van der Waals surface area contributed by atoms with Crippen molar-refractivity contribution in [3.05, 3.63) is 48.8 Å². The predicted molar refractivity (Wildman–Crippen MR) is 95.1 cm³/mol. The molecule has 0 fully saturated rings. The minimum atomic E-state index is -0.569. The monoisotopic (exact) mass is 352 g/mol. The molecule has 0 atom stereocenters. The van der Waals surface area contributed by atoms with Gasteiger partial charge in [-0.25, -0.2) is 14.7 Å². The van der Waals surface area contributed by atoms with Crippen LogP contribution in [-0.2, 0) is 9.59 Å². The highest BCUT2D eigenvalue weighted by molar-refractivity contribution is 6.12. The van der Waals surface area contributed by atoms with Crippen LogP contribution in [0.3, 0.4) is 0 Å². The molecule has 0 bridgehead atoms. The van der Waals surface area contributed by atoms with Crippen molar-refractivity contribution in [2.45, 2.75) is 13.8 Å². The number of hydrogen-bond donors (Lipinski definition) is 1. The fraction of sp³-hybridized carbons (Fsp3) is 0.111. The van der Waals surface area contributed by atoms with Crippen molar-refractivity contribution in [3.63, 3.8) is 0 Å². The van der Waals surface area contributed by atoms with E-state index in [1.165, 1.54) is 30.7 Å². The van der Waals surface area contributed by atoms with Gasteiger partial charge in [0.2, 0.25) is 11.8 Å². The highest BCUT2D eigenvalue weighted by Gasteiger charge is 2.18. The molecular formula is C18H16N4O4. The zero-order valence-corrected chi connectivity index (χ0v) is 14.2. The van der Waals surface area contributed by atoms with E-state index in [2.05, 4.69) is 4.98 Å². The number of benzene rings is 1. The molecule has 0 unspecified atom stereocenters. The van der Waals surface area contributed by atoms with E-state index in [1.807, 2.05) is 0 Å². The lowest BCUT2D eigenvalue weighted by molar-refractivity contribution is -0.124. The molecule has 2 heterocycles. The SMILES string of the molecule is CC(=O)N(C(C)=O)c1cc(Oc2ccc3c(ccn3C(N)=O)c2)ccn1. The molecule has 0 saturated carbocycles. The Labute approximate surface area is 148 Å². The number of fused-ring (bicyclic) bond motifs is 1. The first-order valence-corrected chi connectivity index (χ1v) is 7.73. The average molecular weight is 352 g/mol. The van der Waals surface area contributed by atoms with Gasteiger partial charge in [-0.2, -0.15) is 0 Å². The number of hydrogen-bond acceptors (Lipinski definition) is 5. The summed E-state index contributed by atoms with van der Waals surface area (Å²) in [5.74, 6) is 0.251. The second-order valence-electron chi connectivity index (χ2n) is 5.57. The maximum atomic E-state index is 11.6. The molecule has 0 aliphatic carbocycles. The molecule has 3 aromatic rings. The minimum Gasteiger partial charge on any atom is -0.457 e. The molecule has 1 aromatic carbocycles. The first kappa shape index (κ1) is 17.2. The Hall–Kier alpha value is -3.68. The number of aromatic nitrogens is 2. The molecular weight excluding hydrogens is 336 g/mol. The van der Waals surface area contributed by atoms with Crippen LogP contribution in [0.1, 0.15) is 13.8 Å². The minimum absolute atomic E-state index is 0.184. The number of imide groups is 1. The Morgan fingerprint density at radius 1 is 1.04 bits per heavy atom. The van der Waals surface area contributed by atoms with Crippen LogP contribution in [-0.4, -0.2) is 27.4 Å². The van der Waals surface area contributed by atoms with E-state index in [4.69, 9.17) is 10.5 Å². The van der Waals surface area contributed by atoms with Gasteiger partial charge < -0.3 is 10.5 Å². The number of amides is 3. The van der Waals surface area contributed by atoms with Crippen LogP contribution >= 0.6 is 0 Å². The third-order valence-electron chi connectivity index (χ3n) is 3.71. The standard InChI is InChI=1S/C18H16N4O4/c1-11(23)22(12(2)24)17-10-15(5-7-20-17)26-14-3-4-16-13(9-14)6-8-21(16)18(19)25/h3-10H,1-2H3,(H2,19,25). The summed E-state index contributed by atoms with van der Waals surface area (Å²) in [6.07, 6.45) is 3.03. The quantitative estimate of drug-likeness (QED) is 0.780. The molecule has 8 heteroatoms. The Morgan fingerprint density at radius 3 is 2.38 bits per heavy atom. The molecule has 0 aliphatic heterocycles. The highest BCUT2D eigenvalue weighted by Crippen LogP contribution is 2.28.